The van der Waals surface area contributed by atoms with Crippen LogP contribution < -0.4 is 19.6 Å². The van der Waals surface area contributed by atoms with Crippen LogP contribution in [-0.4, -0.2) is 38.1 Å². The third-order valence-corrected chi connectivity index (χ3v) is 3.06. The van der Waals surface area contributed by atoms with Crippen LogP contribution in [-0.2, 0) is 4.79 Å². The number of hydrogen-bond donors (Lipinski definition) is 2. The molecular formula is C17H18N2O5. The highest BCUT2D eigenvalue weighted by Gasteiger charge is 2.03. The highest BCUT2D eigenvalue weighted by atomic mass is 16.5. The summed E-state index contributed by atoms with van der Waals surface area (Å²) in [4.78, 5) is 11.7. The number of carbonyl (C=O) groups is 1. The summed E-state index contributed by atoms with van der Waals surface area (Å²) in [5.74, 6) is 1.42. The SMILES string of the molecule is COc1ccc(OCC(=O)NN=Cc2cc(OC)ccc2O)cc1. The average Bonchev–Trinajstić information content (AvgIpc) is 2.62. The number of phenols is 1. The van der Waals surface area contributed by atoms with E-state index in [1.54, 1.807) is 43.5 Å². The van der Waals surface area contributed by atoms with Crippen LogP contribution in [0.5, 0.6) is 23.0 Å². The molecule has 0 aromatic heterocycles. The number of nitrogens with one attached hydrogen (secondary N) is 1. The first-order valence-electron chi connectivity index (χ1n) is 7.08. The Morgan fingerprint density at radius 3 is 2.38 bits per heavy atom. The Labute approximate surface area is 139 Å². The van der Waals surface area contributed by atoms with Crippen molar-refractivity contribution < 1.29 is 24.1 Å². The molecule has 1 amide bonds. The van der Waals surface area contributed by atoms with Crippen LogP contribution in [0.25, 0.3) is 0 Å². The zero-order chi connectivity index (χ0) is 17.4. The summed E-state index contributed by atoms with van der Waals surface area (Å²) in [6.45, 7) is -0.187. The molecular weight excluding hydrogens is 312 g/mol. The van der Waals surface area contributed by atoms with Crippen molar-refractivity contribution in [2.75, 3.05) is 20.8 Å². The lowest BCUT2D eigenvalue weighted by atomic mass is 10.2. The summed E-state index contributed by atoms with van der Waals surface area (Å²) in [5.41, 5.74) is 2.74. The molecule has 0 aliphatic heterocycles. The van der Waals surface area contributed by atoms with Crippen LogP contribution in [0.15, 0.2) is 47.6 Å². The van der Waals surface area contributed by atoms with Crippen LogP contribution in [0.2, 0.25) is 0 Å². The second kappa shape index (κ2) is 8.42. The molecule has 0 saturated carbocycles. The van der Waals surface area contributed by atoms with Gasteiger partial charge in [-0.3, -0.25) is 4.79 Å². The molecule has 0 aliphatic rings. The molecule has 2 aromatic rings. The van der Waals surface area contributed by atoms with E-state index in [2.05, 4.69) is 10.5 Å². The minimum absolute atomic E-state index is 0.0308. The van der Waals surface area contributed by atoms with Gasteiger partial charge in [-0.25, -0.2) is 5.43 Å². The van der Waals surface area contributed by atoms with Gasteiger partial charge in [-0.2, -0.15) is 5.10 Å². The Morgan fingerprint density at radius 1 is 1.08 bits per heavy atom. The second-order valence-electron chi connectivity index (χ2n) is 4.68. The minimum atomic E-state index is -0.426. The van der Waals surface area contributed by atoms with Crippen LogP contribution in [0.3, 0.4) is 0 Å². The molecule has 0 bridgehead atoms. The summed E-state index contributed by atoms with van der Waals surface area (Å²) < 4.78 is 15.4. The van der Waals surface area contributed by atoms with Gasteiger partial charge in [0.15, 0.2) is 6.61 Å². The fourth-order valence-corrected chi connectivity index (χ4v) is 1.79. The predicted octanol–water partition coefficient (Wildman–Crippen LogP) is 1.94. The Kier molecular flexibility index (Phi) is 6.01. The van der Waals surface area contributed by atoms with Crippen LogP contribution in [0.4, 0.5) is 0 Å². The Balaban J connectivity index is 1.84. The fraction of sp³-hybridized carbons (Fsp3) is 0.176. The van der Waals surface area contributed by atoms with Gasteiger partial charge in [-0.1, -0.05) is 0 Å². The maximum absolute atomic E-state index is 11.7. The largest absolute Gasteiger partial charge is 0.507 e. The highest BCUT2D eigenvalue weighted by molar-refractivity contribution is 5.85. The number of ether oxygens (including phenoxy) is 3. The number of carbonyl (C=O) groups excluding carboxylic acids is 1. The van der Waals surface area contributed by atoms with Gasteiger partial charge >= 0.3 is 0 Å². The maximum Gasteiger partial charge on any atom is 0.277 e. The standard InChI is InChI=1S/C17H18N2O5/c1-22-13-3-5-14(6-4-13)24-11-17(21)19-18-10-12-9-15(23-2)7-8-16(12)20/h3-10,20H,11H2,1-2H3,(H,19,21). The van der Waals surface area contributed by atoms with Gasteiger partial charge in [-0.05, 0) is 42.5 Å². The molecule has 2 aromatic carbocycles. The van der Waals surface area contributed by atoms with Crippen molar-refractivity contribution in [3.05, 3.63) is 48.0 Å². The van der Waals surface area contributed by atoms with Crippen molar-refractivity contribution in [3.63, 3.8) is 0 Å². The molecule has 0 unspecified atom stereocenters. The van der Waals surface area contributed by atoms with E-state index in [0.29, 0.717) is 22.8 Å². The van der Waals surface area contributed by atoms with E-state index in [9.17, 15) is 9.90 Å². The first-order chi connectivity index (χ1) is 11.6. The van der Waals surface area contributed by atoms with Crippen molar-refractivity contribution in [1.29, 1.82) is 0 Å². The van der Waals surface area contributed by atoms with Crippen molar-refractivity contribution in [1.82, 2.24) is 5.43 Å². The van der Waals surface area contributed by atoms with Crippen molar-refractivity contribution in [2.45, 2.75) is 0 Å². The molecule has 0 spiro atoms. The lowest BCUT2D eigenvalue weighted by Gasteiger charge is -2.06. The number of methoxy groups -OCH3 is 2. The van der Waals surface area contributed by atoms with Gasteiger partial charge in [0.2, 0.25) is 0 Å². The van der Waals surface area contributed by atoms with Gasteiger partial charge in [0.05, 0.1) is 20.4 Å². The normalized spacial score (nSPS) is 10.4. The Morgan fingerprint density at radius 2 is 1.71 bits per heavy atom. The molecule has 2 rings (SSSR count). The number of hydrazone groups is 1. The predicted molar refractivity (Wildman–Crippen MR) is 88.9 cm³/mol. The van der Waals surface area contributed by atoms with E-state index in [0.717, 1.165) is 0 Å². The summed E-state index contributed by atoms with van der Waals surface area (Å²) in [5, 5.41) is 13.5. The molecule has 0 atom stereocenters. The lowest BCUT2D eigenvalue weighted by molar-refractivity contribution is -0.123. The molecule has 24 heavy (non-hydrogen) atoms. The summed E-state index contributed by atoms with van der Waals surface area (Å²) >= 11 is 0. The zero-order valence-electron chi connectivity index (χ0n) is 13.4. The number of hydrogen-bond acceptors (Lipinski definition) is 6. The monoisotopic (exact) mass is 330 g/mol. The molecule has 2 N–H and O–H groups in total. The number of amides is 1. The van der Waals surface area contributed by atoms with E-state index in [-0.39, 0.29) is 12.4 Å². The van der Waals surface area contributed by atoms with Crippen molar-refractivity contribution >= 4 is 12.1 Å². The number of aromatic hydroxyl groups is 1. The van der Waals surface area contributed by atoms with Gasteiger partial charge in [0.25, 0.3) is 5.91 Å². The number of benzene rings is 2. The molecule has 7 nitrogen and oxygen atoms in total. The van der Waals surface area contributed by atoms with Gasteiger partial charge < -0.3 is 19.3 Å². The van der Waals surface area contributed by atoms with E-state index >= 15 is 0 Å². The molecule has 126 valence electrons. The molecule has 0 radical (unpaired) electrons. The topological polar surface area (TPSA) is 89.4 Å². The average molecular weight is 330 g/mol. The Bertz CT molecular complexity index is 713. The van der Waals surface area contributed by atoms with Crippen LogP contribution >= 0.6 is 0 Å². The molecule has 7 heteroatoms. The van der Waals surface area contributed by atoms with Crippen molar-refractivity contribution in [2.24, 2.45) is 5.10 Å². The number of phenolic OH excluding ortho intramolecular Hbond substituents is 1. The fourth-order valence-electron chi connectivity index (χ4n) is 1.79. The Hall–Kier alpha value is -3.22. The van der Waals surface area contributed by atoms with Gasteiger partial charge in [-0.15, -0.1) is 0 Å². The lowest BCUT2D eigenvalue weighted by Crippen LogP contribution is -2.24. The van der Waals surface area contributed by atoms with E-state index in [1.165, 1.54) is 19.4 Å². The molecule has 0 heterocycles. The maximum atomic E-state index is 11.7. The van der Waals surface area contributed by atoms with Gasteiger partial charge in [0, 0.05) is 5.56 Å². The highest BCUT2D eigenvalue weighted by Crippen LogP contribution is 2.21. The molecule has 0 aliphatic carbocycles. The summed E-state index contributed by atoms with van der Waals surface area (Å²) in [6.07, 6.45) is 1.32. The molecule has 0 fully saturated rings. The zero-order valence-corrected chi connectivity index (χ0v) is 13.4. The minimum Gasteiger partial charge on any atom is -0.507 e. The first kappa shape index (κ1) is 17.1. The van der Waals surface area contributed by atoms with E-state index < -0.39 is 5.91 Å². The summed E-state index contributed by atoms with van der Waals surface area (Å²) in [7, 11) is 3.09. The first-order valence-corrected chi connectivity index (χ1v) is 7.08. The smallest absolute Gasteiger partial charge is 0.277 e. The van der Waals surface area contributed by atoms with Crippen LogP contribution in [0.1, 0.15) is 5.56 Å². The van der Waals surface area contributed by atoms with Crippen LogP contribution in [0, 0.1) is 0 Å². The number of rotatable bonds is 7. The third kappa shape index (κ3) is 4.91. The molecule has 0 saturated heterocycles. The third-order valence-electron chi connectivity index (χ3n) is 3.06. The van der Waals surface area contributed by atoms with E-state index in [1.807, 2.05) is 0 Å². The summed E-state index contributed by atoms with van der Waals surface area (Å²) in [6, 6.07) is 11.6. The van der Waals surface area contributed by atoms with Gasteiger partial charge in [0.1, 0.15) is 23.0 Å². The quantitative estimate of drug-likeness (QED) is 0.598. The van der Waals surface area contributed by atoms with E-state index in [4.69, 9.17) is 14.2 Å². The second-order valence-corrected chi connectivity index (χ2v) is 4.68. The number of nitrogens with zero attached hydrogens (tertiary/aromatic N) is 1. The van der Waals surface area contributed by atoms with Crippen molar-refractivity contribution in [3.8, 4) is 23.0 Å².